The third-order valence-corrected chi connectivity index (χ3v) is 4.24. The first-order valence-corrected chi connectivity index (χ1v) is 8.05. The largest absolute Gasteiger partial charge is 0.376 e. The second-order valence-electron chi connectivity index (χ2n) is 5.68. The predicted octanol–water partition coefficient (Wildman–Crippen LogP) is 4.20. The molecule has 0 aliphatic heterocycles. The zero-order valence-electron chi connectivity index (χ0n) is 12.7. The van der Waals surface area contributed by atoms with Crippen molar-refractivity contribution in [2.45, 2.75) is 38.7 Å². The van der Waals surface area contributed by atoms with E-state index in [-0.39, 0.29) is 11.1 Å². The maximum absolute atomic E-state index is 13.3. The van der Waals surface area contributed by atoms with Gasteiger partial charge in [0.05, 0.1) is 17.7 Å². The SMILES string of the molecule is C[C@@H]1CCCC[C@H]1OCCNC(=O)Nc1ccc(Cl)c(F)c1. The van der Waals surface area contributed by atoms with Gasteiger partial charge < -0.3 is 15.4 Å². The zero-order chi connectivity index (χ0) is 15.9. The lowest BCUT2D eigenvalue weighted by Gasteiger charge is -2.28. The monoisotopic (exact) mass is 328 g/mol. The van der Waals surface area contributed by atoms with Crippen molar-refractivity contribution < 1.29 is 13.9 Å². The molecule has 0 bridgehead atoms. The number of halogens is 2. The van der Waals surface area contributed by atoms with Crippen LogP contribution in [0, 0.1) is 11.7 Å². The lowest BCUT2D eigenvalue weighted by Crippen LogP contribution is -2.34. The Bertz CT molecular complexity index is 513. The van der Waals surface area contributed by atoms with Gasteiger partial charge in [-0.3, -0.25) is 0 Å². The van der Waals surface area contributed by atoms with Crippen molar-refractivity contribution in [3.8, 4) is 0 Å². The van der Waals surface area contributed by atoms with Gasteiger partial charge in [-0.2, -0.15) is 0 Å². The molecule has 0 spiro atoms. The number of rotatable bonds is 5. The summed E-state index contributed by atoms with van der Waals surface area (Å²) in [6, 6.07) is 3.75. The Balaban J connectivity index is 1.66. The summed E-state index contributed by atoms with van der Waals surface area (Å²) >= 11 is 5.59. The molecular formula is C16H22ClFN2O2. The molecule has 0 unspecified atom stereocenters. The fourth-order valence-electron chi connectivity index (χ4n) is 2.65. The van der Waals surface area contributed by atoms with Gasteiger partial charge in [0.1, 0.15) is 5.82 Å². The molecule has 2 N–H and O–H groups in total. The molecule has 4 nitrogen and oxygen atoms in total. The third-order valence-electron chi connectivity index (χ3n) is 3.93. The zero-order valence-corrected chi connectivity index (χ0v) is 13.5. The smallest absolute Gasteiger partial charge is 0.319 e. The van der Waals surface area contributed by atoms with Gasteiger partial charge in [0.25, 0.3) is 0 Å². The van der Waals surface area contributed by atoms with E-state index >= 15 is 0 Å². The van der Waals surface area contributed by atoms with Crippen molar-refractivity contribution in [2.24, 2.45) is 5.92 Å². The molecule has 0 saturated heterocycles. The Morgan fingerprint density at radius 2 is 2.18 bits per heavy atom. The molecular weight excluding hydrogens is 307 g/mol. The van der Waals surface area contributed by atoms with E-state index in [4.69, 9.17) is 16.3 Å². The van der Waals surface area contributed by atoms with Crippen LogP contribution >= 0.6 is 11.6 Å². The molecule has 22 heavy (non-hydrogen) atoms. The van der Waals surface area contributed by atoms with E-state index < -0.39 is 5.82 Å². The number of anilines is 1. The lowest BCUT2D eigenvalue weighted by molar-refractivity contribution is -0.00232. The summed E-state index contributed by atoms with van der Waals surface area (Å²) in [5.41, 5.74) is 0.362. The average molecular weight is 329 g/mol. The second kappa shape index (κ2) is 8.34. The summed E-state index contributed by atoms with van der Waals surface area (Å²) in [4.78, 5) is 11.7. The Morgan fingerprint density at radius 3 is 2.91 bits per heavy atom. The molecule has 1 saturated carbocycles. The van der Waals surface area contributed by atoms with Crippen molar-refractivity contribution in [3.63, 3.8) is 0 Å². The highest BCUT2D eigenvalue weighted by atomic mass is 35.5. The van der Waals surface area contributed by atoms with Crippen molar-refractivity contribution in [1.29, 1.82) is 0 Å². The molecule has 1 aliphatic carbocycles. The molecule has 2 amide bonds. The number of carbonyl (C=O) groups excluding carboxylic acids is 1. The van der Waals surface area contributed by atoms with Crippen molar-refractivity contribution >= 4 is 23.3 Å². The van der Waals surface area contributed by atoms with Crippen molar-refractivity contribution in [3.05, 3.63) is 29.0 Å². The number of hydrogen-bond donors (Lipinski definition) is 2. The molecule has 1 aliphatic rings. The van der Waals surface area contributed by atoms with Gasteiger partial charge in [-0.05, 0) is 37.0 Å². The summed E-state index contributed by atoms with van der Waals surface area (Å²) in [7, 11) is 0. The van der Waals surface area contributed by atoms with Gasteiger partial charge in [0, 0.05) is 12.2 Å². The highest BCUT2D eigenvalue weighted by Crippen LogP contribution is 2.26. The number of amides is 2. The number of carbonyl (C=O) groups is 1. The molecule has 122 valence electrons. The van der Waals surface area contributed by atoms with Crippen LogP contribution in [0.5, 0.6) is 0 Å². The molecule has 0 aromatic heterocycles. The molecule has 1 aromatic carbocycles. The predicted molar refractivity (Wildman–Crippen MR) is 85.8 cm³/mol. The molecule has 2 rings (SSSR count). The highest BCUT2D eigenvalue weighted by molar-refractivity contribution is 6.30. The van der Waals surface area contributed by atoms with Crippen LogP contribution in [0.15, 0.2) is 18.2 Å². The van der Waals surface area contributed by atoms with Crippen LogP contribution in [-0.2, 0) is 4.74 Å². The first-order chi connectivity index (χ1) is 10.6. The fraction of sp³-hybridized carbons (Fsp3) is 0.562. The summed E-state index contributed by atoms with van der Waals surface area (Å²) < 4.78 is 19.1. The van der Waals surface area contributed by atoms with E-state index in [1.54, 1.807) is 6.07 Å². The summed E-state index contributed by atoms with van der Waals surface area (Å²) in [5.74, 6) is 0.0219. The minimum absolute atomic E-state index is 0.0287. The highest BCUT2D eigenvalue weighted by Gasteiger charge is 2.21. The van der Waals surface area contributed by atoms with Crippen LogP contribution in [0.2, 0.25) is 5.02 Å². The minimum atomic E-state index is -0.561. The Labute approximate surface area is 135 Å². The molecule has 0 radical (unpaired) electrons. The van der Waals surface area contributed by atoms with Gasteiger partial charge in [-0.15, -0.1) is 0 Å². The van der Waals surface area contributed by atoms with Gasteiger partial charge >= 0.3 is 6.03 Å². The maximum Gasteiger partial charge on any atom is 0.319 e. The van der Waals surface area contributed by atoms with E-state index in [1.165, 1.54) is 31.4 Å². The Kier molecular flexibility index (Phi) is 6.46. The first-order valence-electron chi connectivity index (χ1n) is 7.68. The molecule has 2 atom stereocenters. The van der Waals surface area contributed by atoms with Crippen LogP contribution in [0.4, 0.5) is 14.9 Å². The number of urea groups is 1. The summed E-state index contributed by atoms with van der Waals surface area (Å²) in [5, 5.41) is 5.27. The molecule has 1 aromatic rings. The number of nitrogens with one attached hydrogen (secondary N) is 2. The van der Waals surface area contributed by atoms with E-state index in [1.807, 2.05) is 0 Å². The molecule has 6 heteroatoms. The van der Waals surface area contributed by atoms with E-state index in [2.05, 4.69) is 17.6 Å². The second-order valence-corrected chi connectivity index (χ2v) is 6.09. The van der Waals surface area contributed by atoms with Crippen LogP contribution in [-0.4, -0.2) is 25.3 Å². The summed E-state index contributed by atoms with van der Waals surface area (Å²) in [6.45, 7) is 3.11. The lowest BCUT2D eigenvalue weighted by atomic mass is 9.88. The average Bonchev–Trinajstić information content (AvgIpc) is 2.49. The Morgan fingerprint density at radius 1 is 1.41 bits per heavy atom. The first kappa shape index (κ1) is 17.0. The van der Waals surface area contributed by atoms with E-state index in [9.17, 15) is 9.18 Å². The number of hydrogen-bond acceptors (Lipinski definition) is 2. The number of ether oxygens (including phenoxy) is 1. The third kappa shape index (κ3) is 5.14. The van der Waals surface area contributed by atoms with E-state index in [0.29, 0.717) is 30.9 Å². The maximum atomic E-state index is 13.3. The quantitative estimate of drug-likeness (QED) is 0.796. The fourth-order valence-corrected chi connectivity index (χ4v) is 2.77. The van der Waals surface area contributed by atoms with Gasteiger partial charge in [0.2, 0.25) is 0 Å². The van der Waals surface area contributed by atoms with Crippen molar-refractivity contribution in [1.82, 2.24) is 5.32 Å². The van der Waals surface area contributed by atoms with Gasteiger partial charge in [-0.25, -0.2) is 9.18 Å². The minimum Gasteiger partial charge on any atom is -0.376 e. The normalized spacial score (nSPS) is 21.4. The van der Waals surface area contributed by atoms with Crippen molar-refractivity contribution in [2.75, 3.05) is 18.5 Å². The number of benzene rings is 1. The van der Waals surface area contributed by atoms with Crippen LogP contribution in [0.1, 0.15) is 32.6 Å². The molecule has 1 fully saturated rings. The van der Waals surface area contributed by atoms with Crippen LogP contribution in [0.3, 0.4) is 0 Å². The van der Waals surface area contributed by atoms with Gasteiger partial charge in [0.15, 0.2) is 0 Å². The topological polar surface area (TPSA) is 50.4 Å². The standard InChI is InChI=1S/C16H22ClFN2O2/c1-11-4-2-3-5-15(11)22-9-8-19-16(21)20-12-6-7-13(17)14(18)10-12/h6-7,10-11,15H,2-5,8-9H2,1H3,(H2,19,20,21)/t11-,15-/m1/s1. The van der Waals surface area contributed by atoms with Gasteiger partial charge in [-0.1, -0.05) is 31.4 Å². The summed E-state index contributed by atoms with van der Waals surface area (Å²) in [6.07, 6.45) is 5.09. The van der Waals surface area contributed by atoms with Crippen LogP contribution < -0.4 is 10.6 Å². The van der Waals surface area contributed by atoms with Crippen LogP contribution in [0.25, 0.3) is 0 Å². The van der Waals surface area contributed by atoms with E-state index in [0.717, 1.165) is 6.42 Å². The molecule has 0 heterocycles. The Hall–Kier alpha value is -1.33.